The first-order valence-electron chi connectivity index (χ1n) is 4.86. The summed E-state index contributed by atoms with van der Waals surface area (Å²) in [4.78, 5) is 4.29. The van der Waals surface area contributed by atoms with E-state index in [-0.39, 0.29) is 5.41 Å². The second-order valence-electron chi connectivity index (χ2n) is 4.49. The molecule has 5 heteroatoms. The maximum atomic E-state index is 5.89. The molecule has 0 unspecified atom stereocenters. The summed E-state index contributed by atoms with van der Waals surface area (Å²) >= 11 is 5.89. The van der Waals surface area contributed by atoms with Crippen molar-refractivity contribution in [2.24, 2.45) is 0 Å². The number of fused-ring (bicyclic) bond motifs is 3. The average molecular weight is 223 g/mol. The number of hydrogen-bond acceptors (Lipinski definition) is 3. The predicted octanol–water partition coefficient (Wildman–Crippen LogP) is 2.09. The third kappa shape index (κ3) is 1.14. The summed E-state index contributed by atoms with van der Waals surface area (Å²) < 4.78 is 1.83. The maximum Gasteiger partial charge on any atom is 0.156 e. The average Bonchev–Trinajstić information content (AvgIpc) is 2.65. The van der Waals surface area contributed by atoms with Crippen molar-refractivity contribution in [2.45, 2.75) is 19.3 Å². The SMILES string of the molecule is CC1(C)CNc2cnc3cc(Cl)nn3c21. The quantitative estimate of drug-likeness (QED) is 0.742. The van der Waals surface area contributed by atoms with E-state index in [2.05, 4.69) is 29.2 Å². The van der Waals surface area contributed by atoms with Gasteiger partial charge < -0.3 is 5.32 Å². The third-order valence-corrected chi connectivity index (χ3v) is 3.00. The molecule has 1 N–H and O–H groups in total. The first-order valence-corrected chi connectivity index (χ1v) is 5.24. The molecule has 1 aliphatic heterocycles. The number of halogens is 1. The number of hydrogen-bond donors (Lipinski definition) is 1. The summed E-state index contributed by atoms with van der Waals surface area (Å²) in [5.41, 5.74) is 3.06. The molecule has 0 bridgehead atoms. The molecule has 15 heavy (non-hydrogen) atoms. The Kier molecular flexibility index (Phi) is 1.58. The number of anilines is 1. The van der Waals surface area contributed by atoms with Crippen LogP contribution in [0.4, 0.5) is 5.69 Å². The highest BCUT2D eigenvalue weighted by Crippen LogP contribution is 2.35. The van der Waals surface area contributed by atoms with Crippen LogP contribution in [0.15, 0.2) is 12.3 Å². The summed E-state index contributed by atoms with van der Waals surface area (Å²) in [5, 5.41) is 8.07. The van der Waals surface area contributed by atoms with Crippen LogP contribution in [0.3, 0.4) is 0 Å². The van der Waals surface area contributed by atoms with Gasteiger partial charge in [-0.05, 0) is 0 Å². The highest BCUT2D eigenvalue weighted by Gasteiger charge is 2.33. The van der Waals surface area contributed by atoms with E-state index in [4.69, 9.17) is 11.6 Å². The Hall–Kier alpha value is -1.29. The molecule has 0 aliphatic carbocycles. The minimum Gasteiger partial charge on any atom is -0.381 e. The van der Waals surface area contributed by atoms with Crippen LogP contribution >= 0.6 is 11.6 Å². The summed E-state index contributed by atoms with van der Waals surface area (Å²) in [5.74, 6) is 0. The van der Waals surface area contributed by atoms with E-state index in [0.717, 1.165) is 23.6 Å². The van der Waals surface area contributed by atoms with Crippen LogP contribution in [0, 0.1) is 0 Å². The highest BCUT2D eigenvalue weighted by molar-refractivity contribution is 6.29. The lowest BCUT2D eigenvalue weighted by atomic mass is 9.91. The lowest BCUT2D eigenvalue weighted by Crippen LogP contribution is -2.22. The third-order valence-electron chi connectivity index (χ3n) is 2.82. The van der Waals surface area contributed by atoms with E-state index < -0.39 is 0 Å². The smallest absolute Gasteiger partial charge is 0.156 e. The first kappa shape index (κ1) is 8.97. The van der Waals surface area contributed by atoms with Gasteiger partial charge in [0.1, 0.15) is 0 Å². The monoisotopic (exact) mass is 222 g/mol. The van der Waals surface area contributed by atoms with Gasteiger partial charge in [-0.25, -0.2) is 9.50 Å². The fraction of sp³-hybridized carbons (Fsp3) is 0.400. The first-order chi connectivity index (χ1) is 7.08. The standard InChI is InChI=1S/C10H11ClN4/c1-10(2)5-13-6-4-12-8-3-7(11)14-15(8)9(6)10/h3-4,13H,5H2,1-2H3. The largest absolute Gasteiger partial charge is 0.381 e. The second-order valence-corrected chi connectivity index (χ2v) is 4.88. The highest BCUT2D eigenvalue weighted by atomic mass is 35.5. The molecule has 0 spiro atoms. The Morgan fingerprint density at radius 2 is 2.33 bits per heavy atom. The van der Waals surface area contributed by atoms with Gasteiger partial charge in [-0.15, -0.1) is 0 Å². The summed E-state index contributed by atoms with van der Waals surface area (Å²) in [6.07, 6.45) is 1.84. The zero-order chi connectivity index (χ0) is 10.6. The molecule has 2 aromatic rings. The van der Waals surface area contributed by atoms with E-state index in [1.54, 1.807) is 6.07 Å². The van der Waals surface area contributed by atoms with Gasteiger partial charge in [-0.3, -0.25) is 0 Å². The molecule has 0 saturated carbocycles. The van der Waals surface area contributed by atoms with Crippen LogP contribution in [-0.4, -0.2) is 21.1 Å². The Morgan fingerprint density at radius 3 is 3.13 bits per heavy atom. The van der Waals surface area contributed by atoms with Crippen molar-refractivity contribution in [2.75, 3.05) is 11.9 Å². The van der Waals surface area contributed by atoms with E-state index in [1.165, 1.54) is 0 Å². The predicted molar refractivity (Wildman–Crippen MR) is 59.5 cm³/mol. The van der Waals surface area contributed by atoms with Crippen LogP contribution < -0.4 is 5.32 Å². The zero-order valence-corrected chi connectivity index (χ0v) is 9.34. The van der Waals surface area contributed by atoms with Crippen LogP contribution in [0.1, 0.15) is 19.5 Å². The Balaban J connectivity index is 2.42. The van der Waals surface area contributed by atoms with Crippen LogP contribution in [-0.2, 0) is 5.41 Å². The van der Waals surface area contributed by atoms with Crippen molar-refractivity contribution in [3.8, 4) is 0 Å². The Morgan fingerprint density at radius 1 is 1.53 bits per heavy atom. The molecular formula is C10H11ClN4. The van der Waals surface area contributed by atoms with Crippen molar-refractivity contribution in [1.82, 2.24) is 14.6 Å². The molecule has 0 atom stereocenters. The maximum absolute atomic E-state index is 5.89. The van der Waals surface area contributed by atoms with Crippen LogP contribution in [0.25, 0.3) is 5.65 Å². The van der Waals surface area contributed by atoms with Crippen molar-refractivity contribution < 1.29 is 0 Å². The number of nitrogens with one attached hydrogen (secondary N) is 1. The van der Waals surface area contributed by atoms with E-state index in [0.29, 0.717) is 5.15 Å². The van der Waals surface area contributed by atoms with Gasteiger partial charge in [-0.1, -0.05) is 25.4 Å². The molecule has 0 aromatic carbocycles. The van der Waals surface area contributed by atoms with Gasteiger partial charge in [0.25, 0.3) is 0 Å². The number of aromatic nitrogens is 3. The molecule has 0 radical (unpaired) electrons. The summed E-state index contributed by atoms with van der Waals surface area (Å²) in [7, 11) is 0. The molecule has 78 valence electrons. The Labute approximate surface area is 92.3 Å². The van der Waals surface area contributed by atoms with E-state index >= 15 is 0 Å². The van der Waals surface area contributed by atoms with Gasteiger partial charge in [0.05, 0.1) is 17.6 Å². The molecule has 3 heterocycles. The minimum atomic E-state index is 0.0614. The van der Waals surface area contributed by atoms with Crippen molar-refractivity contribution in [1.29, 1.82) is 0 Å². The minimum absolute atomic E-state index is 0.0614. The van der Waals surface area contributed by atoms with E-state index in [1.807, 2.05) is 10.7 Å². The van der Waals surface area contributed by atoms with Gasteiger partial charge in [-0.2, -0.15) is 5.10 Å². The molecular weight excluding hydrogens is 212 g/mol. The van der Waals surface area contributed by atoms with Gasteiger partial charge in [0.2, 0.25) is 0 Å². The summed E-state index contributed by atoms with van der Waals surface area (Å²) in [6.45, 7) is 5.27. The van der Waals surface area contributed by atoms with Gasteiger partial charge in [0.15, 0.2) is 10.8 Å². The topological polar surface area (TPSA) is 42.2 Å². The van der Waals surface area contributed by atoms with Gasteiger partial charge in [0, 0.05) is 18.0 Å². The molecule has 0 amide bonds. The van der Waals surface area contributed by atoms with Crippen LogP contribution in [0.2, 0.25) is 5.15 Å². The normalized spacial score (nSPS) is 17.8. The van der Waals surface area contributed by atoms with Crippen molar-refractivity contribution >= 4 is 22.9 Å². The number of rotatable bonds is 0. The molecule has 4 nitrogen and oxygen atoms in total. The number of nitrogens with zero attached hydrogens (tertiary/aromatic N) is 3. The zero-order valence-electron chi connectivity index (χ0n) is 8.58. The lowest BCUT2D eigenvalue weighted by molar-refractivity contribution is 0.550. The fourth-order valence-corrected chi connectivity index (χ4v) is 2.26. The lowest BCUT2D eigenvalue weighted by Gasteiger charge is -2.17. The molecule has 2 aromatic heterocycles. The van der Waals surface area contributed by atoms with Crippen molar-refractivity contribution in [3.05, 3.63) is 23.1 Å². The fourth-order valence-electron chi connectivity index (χ4n) is 2.09. The van der Waals surface area contributed by atoms with Crippen LogP contribution in [0.5, 0.6) is 0 Å². The molecule has 0 fully saturated rings. The van der Waals surface area contributed by atoms with E-state index in [9.17, 15) is 0 Å². The molecule has 3 rings (SSSR count). The van der Waals surface area contributed by atoms with Gasteiger partial charge >= 0.3 is 0 Å². The summed E-state index contributed by atoms with van der Waals surface area (Å²) in [6, 6.07) is 1.77. The molecule has 0 saturated heterocycles. The molecule has 1 aliphatic rings. The Bertz CT molecular complexity index is 544. The van der Waals surface area contributed by atoms with Crippen molar-refractivity contribution in [3.63, 3.8) is 0 Å². The second kappa shape index (κ2) is 2.64.